The smallest absolute Gasteiger partial charge is 0.335 e. The first-order valence-corrected chi connectivity index (χ1v) is 5.41. The third kappa shape index (κ3) is 2.72. The predicted molar refractivity (Wildman–Crippen MR) is 66.5 cm³/mol. The van der Waals surface area contributed by atoms with Crippen LogP contribution in [-0.4, -0.2) is 21.2 Å². The van der Waals surface area contributed by atoms with Gasteiger partial charge in [0.25, 0.3) is 0 Å². The standard InChI is InChI=1S/C11H9NO3.C2H6/c1-6-2-3-7-4-8(11(14)15)5-9(13)10(7)12-6;1-2/h2-5,13H,1H3,(H,14,15);1-2H3. The summed E-state index contributed by atoms with van der Waals surface area (Å²) in [7, 11) is 0. The molecule has 0 bridgehead atoms. The fourth-order valence-corrected chi connectivity index (χ4v) is 1.44. The number of phenols is 1. The number of nitrogens with zero attached hydrogens (tertiary/aromatic N) is 1. The van der Waals surface area contributed by atoms with E-state index in [0.717, 1.165) is 5.69 Å². The number of aromatic nitrogens is 1. The largest absolute Gasteiger partial charge is 0.506 e. The van der Waals surface area contributed by atoms with Gasteiger partial charge < -0.3 is 10.2 Å². The molecule has 1 aromatic carbocycles. The molecule has 0 saturated carbocycles. The van der Waals surface area contributed by atoms with Gasteiger partial charge in [-0.15, -0.1) is 0 Å². The average Bonchev–Trinajstić information content (AvgIpc) is 2.32. The number of pyridine rings is 1. The molecule has 4 heteroatoms. The molecule has 0 fully saturated rings. The molecule has 0 unspecified atom stereocenters. The van der Waals surface area contributed by atoms with Gasteiger partial charge in [-0.3, -0.25) is 0 Å². The molecule has 0 atom stereocenters. The Balaban J connectivity index is 0.000000686. The Morgan fingerprint density at radius 2 is 1.88 bits per heavy atom. The summed E-state index contributed by atoms with van der Waals surface area (Å²) in [6.07, 6.45) is 0. The molecule has 2 rings (SSSR count). The van der Waals surface area contributed by atoms with Crippen LogP contribution in [0.3, 0.4) is 0 Å². The minimum Gasteiger partial charge on any atom is -0.506 e. The molecule has 0 spiro atoms. The first kappa shape index (κ1) is 13.0. The number of hydrogen-bond acceptors (Lipinski definition) is 3. The minimum absolute atomic E-state index is 0.0608. The maximum atomic E-state index is 10.7. The van der Waals surface area contributed by atoms with E-state index in [1.165, 1.54) is 12.1 Å². The number of fused-ring (bicyclic) bond motifs is 1. The summed E-state index contributed by atoms with van der Waals surface area (Å²) < 4.78 is 0. The van der Waals surface area contributed by atoms with Crippen LogP contribution >= 0.6 is 0 Å². The molecular formula is C13H15NO3. The normalized spacial score (nSPS) is 9.59. The van der Waals surface area contributed by atoms with Crippen LogP contribution in [0.15, 0.2) is 24.3 Å². The van der Waals surface area contributed by atoms with Gasteiger partial charge in [0.05, 0.1) is 5.56 Å². The maximum absolute atomic E-state index is 10.7. The van der Waals surface area contributed by atoms with Gasteiger partial charge in [-0.05, 0) is 25.1 Å². The summed E-state index contributed by atoms with van der Waals surface area (Å²) in [5.41, 5.74) is 1.27. The van der Waals surface area contributed by atoms with Gasteiger partial charge in [0.2, 0.25) is 0 Å². The second-order valence-electron chi connectivity index (χ2n) is 3.32. The van der Waals surface area contributed by atoms with E-state index in [1.54, 1.807) is 12.1 Å². The van der Waals surface area contributed by atoms with Crippen LogP contribution in [0.4, 0.5) is 0 Å². The van der Waals surface area contributed by atoms with Crippen LogP contribution in [0.5, 0.6) is 5.75 Å². The minimum atomic E-state index is -1.06. The Bertz CT molecular complexity index is 550. The van der Waals surface area contributed by atoms with Gasteiger partial charge in [0, 0.05) is 11.1 Å². The summed E-state index contributed by atoms with van der Waals surface area (Å²) in [4.78, 5) is 14.9. The van der Waals surface area contributed by atoms with E-state index in [-0.39, 0.29) is 11.3 Å². The van der Waals surface area contributed by atoms with Crippen molar-refractivity contribution in [1.82, 2.24) is 4.98 Å². The highest BCUT2D eigenvalue weighted by molar-refractivity contribution is 5.95. The molecule has 17 heavy (non-hydrogen) atoms. The third-order valence-corrected chi connectivity index (χ3v) is 2.16. The third-order valence-electron chi connectivity index (χ3n) is 2.16. The zero-order chi connectivity index (χ0) is 13.0. The topological polar surface area (TPSA) is 70.4 Å². The molecule has 1 aromatic heterocycles. The Labute approximate surface area is 99.5 Å². The van der Waals surface area contributed by atoms with Crippen molar-refractivity contribution in [2.45, 2.75) is 20.8 Å². The lowest BCUT2D eigenvalue weighted by molar-refractivity contribution is 0.0696. The number of carboxylic acids is 1. The fraction of sp³-hybridized carbons (Fsp3) is 0.231. The number of rotatable bonds is 1. The quantitative estimate of drug-likeness (QED) is 0.794. The molecule has 0 radical (unpaired) electrons. The molecule has 0 aliphatic carbocycles. The van der Waals surface area contributed by atoms with Gasteiger partial charge in [-0.25, -0.2) is 9.78 Å². The van der Waals surface area contributed by atoms with E-state index < -0.39 is 5.97 Å². The summed E-state index contributed by atoms with van der Waals surface area (Å²) in [6, 6.07) is 6.21. The number of aromatic hydroxyl groups is 1. The number of aryl methyl sites for hydroxylation is 1. The fourth-order valence-electron chi connectivity index (χ4n) is 1.44. The van der Waals surface area contributed by atoms with Crippen LogP contribution in [0.25, 0.3) is 10.9 Å². The lowest BCUT2D eigenvalue weighted by atomic mass is 10.1. The Kier molecular flexibility index (Phi) is 4.04. The molecule has 1 heterocycles. The Morgan fingerprint density at radius 1 is 1.24 bits per heavy atom. The highest BCUT2D eigenvalue weighted by atomic mass is 16.4. The van der Waals surface area contributed by atoms with Gasteiger partial charge in [0.1, 0.15) is 11.3 Å². The van der Waals surface area contributed by atoms with Crippen molar-refractivity contribution in [3.8, 4) is 5.75 Å². The van der Waals surface area contributed by atoms with Gasteiger partial charge in [0.15, 0.2) is 0 Å². The molecule has 2 aromatic rings. The van der Waals surface area contributed by atoms with Crippen LogP contribution in [-0.2, 0) is 0 Å². The van der Waals surface area contributed by atoms with Crippen LogP contribution < -0.4 is 0 Å². The number of carbonyl (C=O) groups is 1. The number of aromatic carboxylic acids is 1. The van der Waals surface area contributed by atoms with Gasteiger partial charge in [-0.2, -0.15) is 0 Å². The molecular weight excluding hydrogens is 218 g/mol. The second-order valence-corrected chi connectivity index (χ2v) is 3.32. The van der Waals surface area contributed by atoms with E-state index >= 15 is 0 Å². The first-order valence-electron chi connectivity index (χ1n) is 5.41. The lowest BCUT2D eigenvalue weighted by Gasteiger charge is -2.03. The van der Waals surface area contributed by atoms with E-state index in [4.69, 9.17) is 5.11 Å². The number of carboxylic acid groups (broad SMARTS) is 1. The van der Waals surface area contributed by atoms with Gasteiger partial charge >= 0.3 is 5.97 Å². The Morgan fingerprint density at radius 3 is 2.47 bits per heavy atom. The first-order chi connectivity index (χ1) is 8.08. The number of benzene rings is 1. The molecule has 2 N–H and O–H groups in total. The molecule has 4 nitrogen and oxygen atoms in total. The van der Waals surface area contributed by atoms with Crippen molar-refractivity contribution in [3.05, 3.63) is 35.5 Å². The summed E-state index contributed by atoms with van der Waals surface area (Å²) >= 11 is 0. The van der Waals surface area contributed by atoms with Crippen molar-refractivity contribution in [2.75, 3.05) is 0 Å². The Hall–Kier alpha value is -2.10. The zero-order valence-corrected chi connectivity index (χ0v) is 10.1. The second kappa shape index (κ2) is 5.30. The monoisotopic (exact) mass is 233 g/mol. The van der Waals surface area contributed by atoms with Crippen molar-refractivity contribution in [1.29, 1.82) is 0 Å². The van der Waals surface area contributed by atoms with Crippen LogP contribution in [0.1, 0.15) is 29.9 Å². The predicted octanol–water partition coefficient (Wildman–Crippen LogP) is 2.97. The highest BCUT2D eigenvalue weighted by Gasteiger charge is 2.09. The maximum Gasteiger partial charge on any atom is 0.335 e. The SMILES string of the molecule is CC.Cc1ccc2cc(C(=O)O)cc(O)c2n1. The molecule has 0 aliphatic heterocycles. The molecule has 90 valence electrons. The van der Waals surface area contributed by atoms with Gasteiger partial charge in [-0.1, -0.05) is 19.9 Å². The summed E-state index contributed by atoms with van der Waals surface area (Å²) in [5, 5.41) is 19.0. The number of phenolic OH excluding ortho intramolecular Hbond substituents is 1. The lowest BCUT2D eigenvalue weighted by Crippen LogP contribution is -1.96. The molecule has 0 saturated heterocycles. The van der Waals surface area contributed by atoms with Crippen molar-refractivity contribution in [2.24, 2.45) is 0 Å². The van der Waals surface area contributed by atoms with Crippen LogP contribution in [0, 0.1) is 6.92 Å². The average molecular weight is 233 g/mol. The summed E-state index contributed by atoms with van der Waals surface area (Å²) in [6.45, 7) is 5.81. The van der Waals surface area contributed by atoms with Crippen molar-refractivity contribution >= 4 is 16.9 Å². The zero-order valence-electron chi connectivity index (χ0n) is 10.1. The number of hydrogen-bond donors (Lipinski definition) is 2. The highest BCUT2D eigenvalue weighted by Crippen LogP contribution is 2.24. The van der Waals surface area contributed by atoms with E-state index in [2.05, 4.69) is 4.98 Å². The van der Waals surface area contributed by atoms with Crippen LogP contribution in [0.2, 0.25) is 0 Å². The molecule has 0 amide bonds. The van der Waals surface area contributed by atoms with E-state index in [1.807, 2.05) is 20.8 Å². The summed E-state index contributed by atoms with van der Waals surface area (Å²) in [5.74, 6) is -1.17. The van der Waals surface area contributed by atoms with E-state index in [9.17, 15) is 9.90 Å². The van der Waals surface area contributed by atoms with E-state index in [0.29, 0.717) is 10.9 Å². The van der Waals surface area contributed by atoms with Crippen molar-refractivity contribution < 1.29 is 15.0 Å². The molecule has 0 aliphatic rings. The van der Waals surface area contributed by atoms with Crippen molar-refractivity contribution in [3.63, 3.8) is 0 Å².